The lowest BCUT2D eigenvalue weighted by Gasteiger charge is -2.10. The van der Waals surface area contributed by atoms with Gasteiger partial charge in [-0.15, -0.1) is 11.3 Å². The number of hydrogen-bond acceptors (Lipinski definition) is 4. The molecule has 0 atom stereocenters. The highest BCUT2D eigenvalue weighted by Gasteiger charge is 2.13. The van der Waals surface area contributed by atoms with Crippen LogP contribution in [-0.4, -0.2) is 16.0 Å². The molecule has 0 fully saturated rings. The standard InChI is InChI=1S/C23H20N2O2S/c1-14-7-8-16(15(2)11-14)12-22(27)24-17-9-10-20(26)18(13-17)23-25-19-5-3-4-6-21(19)28-23/h3-11,13,26H,12H2,1-2H3,(H,24,27). The van der Waals surface area contributed by atoms with E-state index in [2.05, 4.69) is 16.4 Å². The Kier molecular flexibility index (Phi) is 4.84. The molecule has 28 heavy (non-hydrogen) atoms. The first-order valence-corrected chi connectivity index (χ1v) is 9.86. The number of aryl methyl sites for hydroxylation is 2. The molecule has 4 aromatic rings. The van der Waals surface area contributed by atoms with Gasteiger partial charge in [0.15, 0.2) is 0 Å². The molecule has 0 aliphatic carbocycles. The minimum atomic E-state index is -0.0899. The summed E-state index contributed by atoms with van der Waals surface area (Å²) in [4.78, 5) is 17.1. The number of anilines is 1. The molecule has 5 heteroatoms. The summed E-state index contributed by atoms with van der Waals surface area (Å²) in [5.74, 6) is 0.0549. The number of carbonyl (C=O) groups is 1. The SMILES string of the molecule is Cc1ccc(CC(=O)Nc2ccc(O)c(-c3nc4ccccc4s3)c2)c(C)c1. The Bertz CT molecular complexity index is 1150. The number of aromatic nitrogens is 1. The van der Waals surface area contributed by atoms with Crippen molar-refractivity contribution >= 4 is 33.1 Å². The van der Waals surface area contributed by atoms with Crippen LogP contribution in [-0.2, 0) is 11.2 Å². The second-order valence-electron chi connectivity index (χ2n) is 6.87. The molecule has 1 aromatic heterocycles. The summed E-state index contributed by atoms with van der Waals surface area (Å²) in [6, 6.07) is 19.0. The normalized spacial score (nSPS) is 10.9. The van der Waals surface area contributed by atoms with Gasteiger partial charge in [-0.05, 0) is 55.3 Å². The number of amides is 1. The van der Waals surface area contributed by atoms with Gasteiger partial charge in [0.1, 0.15) is 10.8 Å². The molecule has 2 N–H and O–H groups in total. The van der Waals surface area contributed by atoms with Gasteiger partial charge in [0.25, 0.3) is 0 Å². The van der Waals surface area contributed by atoms with Gasteiger partial charge in [-0.25, -0.2) is 4.98 Å². The largest absolute Gasteiger partial charge is 0.507 e. The molecule has 1 amide bonds. The Balaban J connectivity index is 1.57. The molecule has 0 aliphatic rings. The number of hydrogen-bond donors (Lipinski definition) is 2. The number of fused-ring (bicyclic) bond motifs is 1. The Morgan fingerprint density at radius 2 is 1.89 bits per heavy atom. The fourth-order valence-corrected chi connectivity index (χ4v) is 4.19. The van der Waals surface area contributed by atoms with E-state index < -0.39 is 0 Å². The van der Waals surface area contributed by atoms with Crippen molar-refractivity contribution in [1.82, 2.24) is 4.98 Å². The maximum atomic E-state index is 12.5. The zero-order valence-corrected chi connectivity index (χ0v) is 16.5. The van der Waals surface area contributed by atoms with E-state index in [0.29, 0.717) is 17.7 Å². The van der Waals surface area contributed by atoms with Gasteiger partial charge in [0, 0.05) is 5.69 Å². The lowest BCUT2D eigenvalue weighted by molar-refractivity contribution is -0.115. The zero-order valence-electron chi connectivity index (χ0n) is 15.7. The molecule has 0 unspecified atom stereocenters. The van der Waals surface area contributed by atoms with Crippen molar-refractivity contribution in [2.75, 3.05) is 5.32 Å². The van der Waals surface area contributed by atoms with Crippen molar-refractivity contribution in [1.29, 1.82) is 0 Å². The topological polar surface area (TPSA) is 62.2 Å². The molecule has 0 bridgehead atoms. The van der Waals surface area contributed by atoms with Crippen LogP contribution in [0.3, 0.4) is 0 Å². The smallest absolute Gasteiger partial charge is 0.228 e. The van der Waals surface area contributed by atoms with Crippen LogP contribution in [0.25, 0.3) is 20.8 Å². The van der Waals surface area contributed by atoms with Crippen molar-refractivity contribution in [2.45, 2.75) is 20.3 Å². The van der Waals surface area contributed by atoms with Crippen LogP contribution >= 0.6 is 11.3 Å². The van der Waals surface area contributed by atoms with Crippen molar-refractivity contribution in [2.24, 2.45) is 0 Å². The van der Waals surface area contributed by atoms with Gasteiger partial charge >= 0.3 is 0 Å². The first-order chi connectivity index (χ1) is 13.5. The number of phenols is 1. The highest BCUT2D eigenvalue weighted by molar-refractivity contribution is 7.21. The molecule has 4 rings (SSSR count). The molecule has 1 heterocycles. The van der Waals surface area contributed by atoms with E-state index in [0.717, 1.165) is 26.4 Å². The highest BCUT2D eigenvalue weighted by Crippen LogP contribution is 2.36. The maximum absolute atomic E-state index is 12.5. The van der Waals surface area contributed by atoms with Gasteiger partial charge in [0.2, 0.25) is 5.91 Å². The minimum absolute atomic E-state index is 0.0899. The molecular formula is C23H20N2O2S. The minimum Gasteiger partial charge on any atom is -0.507 e. The number of rotatable bonds is 4. The molecule has 0 saturated heterocycles. The summed E-state index contributed by atoms with van der Waals surface area (Å²) in [7, 11) is 0. The van der Waals surface area contributed by atoms with E-state index in [1.807, 2.05) is 50.2 Å². The molecule has 0 saturated carbocycles. The quantitative estimate of drug-likeness (QED) is 0.456. The summed E-state index contributed by atoms with van der Waals surface area (Å²) in [5.41, 5.74) is 5.45. The van der Waals surface area contributed by atoms with Gasteiger partial charge in [-0.2, -0.15) is 0 Å². The van der Waals surface area contributed by atoms with E-state index in [1.165, 1.54) is 16.9 Å². The summed E-state index contributed by atoms with van der Waals surface area (Å²) < 4.78 is 1.06. The molecule has 140 valence electrons. The van der Waals surface area contributed by atoms with E-state index in [-0.39, 0.29) is 11.7 Å². The van der Waals surface area contributed by atoms with Crippen LogP contribution in [0, 0.1) is 13.8 Å². The number of benzene rings is 3. The Hall–Kier alpha value is -3.18. The first kappa shape index (κ1) is 18.2. The predicted octanol–water partition coefficient (Wildman–Crippen LogP) is 5.47. The van der Waals surface area contributed by atoms with E-state index in [4.69, 9.17) is 0 Å². The third-order valence-electron chi connectivity index (χ3n) is 4.65. The number of nitrogens with one attached hydrogen (secondary N) is 1. The maximum Gasteiger partial charge on any atom is 0.228 e. The van der Waals surface area contributed by atoms with Gasteiger partial charge < -0.3 is 10.4 Å². The average molecular weight is 388 g/mol. The lowest BCUT2D eigenvalue weighted by Crippen LogP contribution is -2.15. The zero-order chi connectivity index (χ0) is 19.7. The van der Waals surface area contributed by atoms with Crippen molar-refractivity contribution in [3.8, 4) is 16.3 Å². The van der Waals surface area contributed by atoms with E-state index >= 15 is 0 Å². The fraction of sp³-hybridized carbons (Fsp3) is 0.130. The molecular weight excluding hydrogens is 368 g/mol. The lowest BCUT2D eigenvalue weighted by atomic mass is 10.0. The third kappa shape index (κ3) is 3.75. The first-order valence-electron chi connectivity index (χ1n) is 9.04. The van der Waals surface area contributed by atoms with Gasteiger partial charge in [0.05, 0.1) is 22.2 Å². The van der Waals surface area contributed by atoms with Crippen LogP contribution in [0.5, 0.6) is 5.75 Å². The predicted molar refractivity (Wildman–Crippen MR) is 115 cm³/mol. The summed E-state index contributed by atoms with van der Waals surface area (Å²) in [6.45, 7) is 4.05. The number of carbonyl (C=O) groups excluding carboxylic acids is 1. The molecule has 0 aliphatic heterocycles. The van der Waals surface area contributed by atoms with Crippen molar-refractivity contribution in [3.63, 3.8) is 0 Å². The monoisotopic (exact) mass is 388 g/mol. The van der Waals surface area contributed by atoms with Crippen LogP contribution in [0.15, 0.2) is 60.7 Å². The van der Waals surface area contributed by atoms with Gasteiger partial charge in [-0.1, -0.05) is 35.9 Å². The summed E-state index contributed by atoms with van der Waals surface area (Å²) in [6.07, 6.45) is 0.309. The Morgan fingerprint density at radius 3 is 2.68 bits per heavy atom. The second kappa shape index (κ2) is 7.44. The molecule has 3 aromatic carbocycles. The molecule has 0 spiro atoms. The molecule has 4 nitrogen and oxygen atoms in total. The highest BCUT2D eigenvalue weighted by atomic mass is 32.1. The number of phenolic OH excluding ortho intramolecular Hbond substituents is 1. The number of thiazole rings is 1. The summed E-state index contributed by atoms with van der Waals surface area (Å²) in [5, 5.41) is 14.0. The summed E-state index contributed by atoms with van der Waals surface area (Å²) >= 11 is 1.51. The average Bonchev–Trinajstić information content (AvgIpc) is 3.09. The van der Waals surface area contributed by atoms with Crippen molar-refractivity contribution in [3.05, 3.63) is 77.4 Å². The van der Waals surface area contributed by atoms with Crippen LogP contribution in [0.1, 0.15) is 16.7 Å². The van der Waals surface area contributed by atoms with E-state index in [1.54, 1.807) is 18.2 Å². The second-order valence-corrected chi connectivity index (χ2v) is 7.90. The van der Waals surface area contributed by atoms with Gasteiger partial charge in [-0.3, -0.25) is 4.79 Å². The molecule has 0 radical (unpaired) electrons. The number of nitrogens with zero attached hydrogens (tertiary/aromatic N) is 1. The Morgan fingerprint density at radius 1 is 1.07 bits per heavy atom. The van der Waals surface area contributed by atoms with E-state index in [9.17, 15) is 9.90 Å². The Labute approximate surface area is 167 Å². The third-order valence-corrected chi connectivity index (χ3v) is 5.72. The number of aromatic hydroxyl groups is 1. The van der Waals surface area contributed by atoms with Crippen LogP contribution in [0.2, 0.25) is 0 Å². The van der Waals surface area contributed by atoms with Crippen LogP contribution in [0.4, 0.5) is 5.69 Å². The fourth-order valence-electron chi connectivity index (χ4n) is 3.19. The van der Waals surface area contributed by atoms with Crippen LogP contribution < -0.4 is 5.32 Å². The van der Waals surface area contributed by atoms with Crippen molar-refractivity contribution < 1.29 is 9.90 Å². The number of para-hydroxylation sites is 1.